The van der Waals surface area contributed by atoms with Crippen molar-refractivity contribution in [3.05, 3.63) is 107 Å². The molecule has 4 rings (SSSR count). The summed E-state index contributed by atoms with van der Waals surface area (Å²) in [5.41, 5.74) is 2.60. The summed E-state index contributed by atoms with van der Waals surface area (Å²) in [5.74, 6) is -0.938. The van der Waals surface area contributed by atoms with Gasteiger partial charge < -0.3 is 9.72 Å². The second-order valence-corrected chi connectivity index (χ2v) is 6.50. The number of rotatable bonds is 5. The van der Waals surface area contributed by atoms with Gasteiger partial charge in [-0.05, 0) is 30.3 Å². The van der Waals surface area contributed by atoms with Crippen molar-refractivity contribution in [2.24, 2.45) is 0 Å². The maximum absolute atomic E-state index is 13.3. The quantitative estimate of drug-likeness (QED) is 0.397. The first-order chi connectivity index (χ1) is 14.2. The molecule has 0 aliphatic heterocycles. The number of hydrogen-bond donors (Lipinski definition) is 1. The molecule has 0 radical (unpaired) electrons. The second-order valence-electron chi connectivity index (χ2n) is 6.50. The van der Waals surface area contributed by atoms with E-state index in [-0.39, 0.29) is 11.3 Å². The van der Waals surface area contributed by atoms with Crippen LogP contribution < -0.4 is 0 Å². The second kappa shape index (κ2) is 7.83. The van der Waals surface area contributed by atoms with Crippen LogP contribution in [0.3, 0.4) is 0 Å². The zero-order valence-electron chi connectivity index (χ0n) is 15.3. The van der Waals surface area contributed by atoms with Gasteiger partial charge in [0.15, 0.2) is 6.10 Å². The minimum Gasteiger partial charge on any atom is -0.445 e. The summed E-state index contributed by atoms with van der Waals surface area (Å²) in [6, 6.07) is 24.5. The van der Waals surface area contributed by atoms with Crippen molar-refractivity contribution in [1.82, 2.24) is 4.98 Å². The average Bonchev–Trinajstić information content (AvgIpc) is 3.22. The molecular formula is C24H16N2O3. The van der Waals surface area contributed by atoms with Crippen LogP contribution in [0, 0.1) is 11.3 Å². The Kier molecular flexibility index (Phi) is 4.91. The highest BCUT2D eigenvalue weighted by Crippen LogP contribution is 2.28. The van der Waals surface area contributed by atoms with Gasteiger partial charge in [-0.25, -0.2) is 4.79 Å². The van der Waals surface area contributed by atoms with Gasteiger partial charge in [-0.15, -0.1) is 0 Å². The fraction of sp³-hybridized carbons (Fsp3) is 0.0417. The number of nitriles is 1. The number of hydrogen-bond acceptors (Lipinski definition) is 4. The lowest BCUT2D eigenvalue weighted by molar-refractivity contribution is 0.0280. The maximum atomic E-state index is 13.3. The Bertz CT molecular complexity index is 1220. The molecule has 3 aromatic carbocycles. The molecule has 1 heterocycles. The molecule has 29 heavy (non-hydrogen) atoms. The van der Waals surface area contributed by atoms with E-state index in [1.165, 1.54) is 24.3 Å². The molecule has 0 fully saturated rings. The van der Waals surface area contributed by atoms with Crippen molar-refractivity contribution in [2.75, 3.05) is 0 Å². The minimum absolute atomic E-state index is 0.275. The van der Waals surface area contributed by atoms with Crippen LogP contribution in [0.25, 0.3) is 10.9 Å². The van der Waals surface area contributed by atoms with Gasteiger partial charge >= 0.3 is 5.97 Å². The number of H-pyrrole nitrogens is 1. The summed E-state index contributed by atoms with van der Waals surface area (Å²) in [6.45, 7) is 0. The molecule has 0 saturated carbocycles. The van der Waals surface area contributed by atoms with E-state index in [9.17, 15) is 9.59 Å². The van der Waals surface area contributed by atoms with E-state index in [1.807, 2.05) is 36.4 Å². The van der Waals surface area contributed by atoms with Gasteiger partial charge in [-0.1, -0.05) is 48.5 Å². The Balaban J connectivity index is 1.69. The highest BCUT2D eigenvalue weighted by atomic mass is 16.5. The lowest BCUT2D eigenvalue weighted by atomic mass is 9.99. The molecule has 0 spiro atoms. The lowest BCUT2D eigenvalue weighted by Gasteiger charge is -2.17. The van der Waals surface area contributed by atoms with Crippen LogP contribution in [0.5, 0.6) is 0 Å². The third-order valence-electron chi connectivity index (χ3n) is 4.67. The molecule has 1 aromatic heterocycles. The van der Waals surface area contributed by atoms with Gasteiger partial charge in [-0.2, -0.15) is 5.26 Å². The highest BCUT2D eigenvalue weighted by Gasteiger charge is 2.28. The van der Waals surface area contributed by atoms with Crippen LogP contribution in [-0.2, 0) is 4.74 Å². The summed E-state index contributed by atoms with van der Waals surface area (Å²) < 4.78 is 5.65. The number of Topliss-reactive ketones (excluding diaryl/α,β-unsaturated/α-hetero) is 1. The van der Waals surface area contributed by atoms with Crippen LogP contribution in [0.4, 0.5) is 0 Å². The fourth-order valence-corrected chi connectivity index (χ4v) is 3.17. The van der Waals surface area contributed by atoms with Crippen molar-refractivity contribution in [3.8, 4) is 6.07 Å². The zero-order chi connectivity index (χ0) is 20.2. The molecule has 140 valence electrons. The third kappa shape index (κ3) is 3.64. The van der Waals surface area contributed by atoms with Crippen LogP contribution in [0.1, 0.15) is 37.9 Å². The number of ether oxygens (including phenoxy) is 1. The molecule has 1 N–H and O–H groups in total. The van der Waals surface area contributed by atoms with Crippen LogP contribution >= 0.6 is 0 Å². The molecule has 1 unspecified atom stereocenters. The Hall–Kier alpha value is -4.17. The molecule has 0 aliphatic rings. The fourth-order valence-electron chi connectivity index (χ4n) is 3.17. The van der Waals surface area contributed by atoms with Crippen molar-refractivity contribution in [2.45, 2.75) is 6.10 Å². The normalized spacial score (nSPS) is 11.6. The maximum Gasteiger partial charge on any atom is 0.339 e. The molecule has 0 bridgehead atoms. The molecular weight excluding hydrogens is 364 g/mol. The van der Waals surface area contributed by atoms with Gasteiger partial charge in [0.1, 0.15) is 0 Å². The first kappa shape index (κ1) is 18.2. The molecule has 0 saturated heterocycles. The van der Waals surface area contributed by atoms with Gasteiger partial charge in [0.05, 0.1) is 17.2 Å². The van der Waals surface area contributed by atoms with Crippen molar-refractivity contribution in [1.29, 1.82) is 5.26 Å². The number of nitrogens with zero attached hydrogens (tertiary/aromatic N) is 1. The number of fused-ring (bicyclic) bond motifs is 1. The molecule has 4 aromatic rings. The summed E-state index contributed by atoms with van der Waals surface area (Å²) >= 11 is 0. The van der Waals surface area contributed by atoms with Crippen LogP contribution in [-0.4, -0.2) is 16.7 Å². The van der Waals surface area contributed by atoms with E-state index >= 15 is 0 Å². The predicted molar refractivity (Wildman–Crippen MR) is 108 cm³/mol. The zero-order valence-corrected chi connectivity index (χ0v) is 15.3. The largest absolute Gasteiger partial charge is 0.445 e. The number of aromatic amines is 1. The number of ketones is 1. The predicted octanol–water partition coefficient (Wildman–Crippen LogP) is 4.82. The minimum atomic E-state index is -1.08. The summed E-state index contributed by atoms with van der Waals surface area (Å²) in [4.78, 5) is 29.1. The molecule has 5 nitrogen and oxygen atoms in total. The van der Waals surface area contributed by atoms with E-state index in [4.69, 9.17) is 10.00 Å². The van der Waals surface area contributed by atoms with Crippen molar-refractivity contribution < 1.29 is 14.3 Å². The number of esters is 1. The summed E-state index contributed by atoms with van der Waals surface area (Å²) in [6.07, 6.45) is 0.553. The average molecular weight is 380 g/mol. The van der Waals surface area contributed by atoms with E-state index in [0.717, 1.165) is 10.9 Å². The molecule has 0 amide bonds. The number of aromatic nitrogens is 1. The standard InChI is InChI=1S/C24H16N2O3/c25-14-16-10-12-18(13-11-16)24(28)29-23(17-6-2-1-3-7-17)22(27)20-15-26-21-9-5-4-8-19(20)21/h1-13,15,23,26H. The highest BCUT2D eigenvalue weighted by molar-refractivity contribution is 6.11. The van der Waals surface area contributed by atoms with Crippen LogP contribution in [0.15, 0.2) is 85.1 Å². The monoisotopic (exact) mass is 380 g/mol. The van der Waals surface area contributed by atoms with Crippen molar-refractivity contribution >= 4 is 22.7 Å². The Morgan fingerprint density at radius 3 is 2.31 bits per heavy atom. The smallest absolute Gasteiger partial charge is 0.339 e. The van der Waals surface area contributed by atoms with E-state index in [0.29, 0.717) is 16.7 Å². The Morgan fingerprint density at radius 1 is 0.897 bits per heavy atom. The van der Waals surface area contributed by atoms with E-state index < -0.39 is 12.1 Å². The first-order valence-electron chi connectivity index (χ1n) is 9.04. The number of carbonyl (C=O) groups is 2. The Labute approximate surface area is 167 Å². The van der Waals surface area contributed by atoms with Crippen molar-refractivity contribution in [3.63, 3.8) is 0 Å². The third-order valence-corrected chi connectivity index (χ3v) is 4.67. The SMILES string of the molecule is N#Cc1ccc(C(=O)OC(C(=O)c2c[nH]c3ccccc23)c2ccccc2)cc1. The van der Waals surface area contributed by atoms with E-state index in [1.54, 1.807) is 30.5 Å². The number of nitrogens with one attached hydrogen (secondary N) is 1. The molecule has 5 heteroatoms. The number of carbonyl (C=O) groups excluding carboxylic acids is 2. The number of para-hydroxylation sites is 1. The molecule has 1 atom stereocenters. The molecule has 0 aliphatic carbocycles. The summed E-state index contributed by atoms with van der Waals surface area (Å²) in [5, 5.41) is 9.68. The van der Waals surface area contributed by atoms with Gasteiger partial charge in [0.2, 0.25) is 5.78 Å². The number of benzene rings is 3. The lowest BCUT2D eigenvalue weighted by Crippen LogP contribution is -2.20. The van der Waals surface area contributed by atoms with Gasteiger partial charge in [0.25, 0.3) is 0 Å². The Morgan fingerprint density at radius 2 is 1.59 bits per heavy atom. The van der Waals surface area contributed by atoms with E-state index in [2.05, 4.69) is 4.98 Å². The first-order valence-corrected chi connectivity index (χ1v) is 9.04. The van der Waals surface area contributed by atoms with Crippen LogP contribution in [0.2, 0.25) is 0 Å². The summed E-state index contributed by atoms with van der Waals surface area (Å²) in [7, 11) is 0. The topological polar surface area (TPSA) is 82.9 Å². The van der Waals surface area contributed by atoms with Gasteiger partial charge in [0, 0.05) is 28.2 Å². The van der Waals surface area contributed by atoms with Gasteiger partial charge in [-0.3, -0.25) is 4.79 Å².